The van der Waals surface area contributed by atoms with Gasteiger partial charge in [0.25, 0.3) is 0 Å². The summed E-state index contributed by atoms with van der Waals surface area (Å²) in [6.07, 6.45) is 4.01. The van der Waals surface area contributed by atoms with Crippen molar-refractivity contribution in [2.75, 3.05) is 11.9 Å². The number of nitrogens with zero attached hydrogens (tertiary/aromatic N) is 3. The molecule has 1 amide bonds. The standard InChI is InChI=1S/C22H23ClN4O4S/c1-15-5-2-3-10-27(15)32(30,31)19-8-9-20-16(11-19)13-24-22(29)26(20)14-21(28)25-18-7-4-6-17(23)12-18/h4,6-9,11-13,15H,2-3,5,10,14H2,1H3,(H,25,28)/t15-/m1/s1. The lowest BCUT2D eigenvalue weighted by Crippen LogP contribution is -2.41. The average Bonchev–Trinajstić information content (AvgIpc) is 2.75. The smallest absolute Gasteiger partial charge is 0.324 e. The lowest BCUT2D eigenvalue weighted by Gasteiger charge is -2.32. The van der Waals surface area contributed by atoms with Crippen LogP contribution in [-0.4, -0.2) is 40.8 Å². The highest BCUT2D eigenvalue weighted by Gasteiger charge is 2.31. The Bertz CT molecular complexity index is 1340. The zero-order chi connectivity index (χ0) is 22.9. The van der Waals surface area contributed by atoms with Gasteiger partial charge < -0.3 is 5.32 Å². The first-order valence-electron chi connectivity index (χ1n) is 10.3. The van der Waals surface area contributed by atoms with Crippen LogP contribution in [-0.2, 0) is 21.4 Å². The van der Waals surface area contributed by atoms with Gasteiger partial charge in [-0.15, -0.1) is 0 Å². The number of piperidine rings is 1. The number of halogens is 1. The van der Waals surface area contributed by atoms with E-state index in [9.17, 15) is 18.0 Å². The first-order valence-corrected chi connectivity index (χ1v) is 12.1. The Kier molecular flexibility index (Phi) is 6.32. The van der Waals surface area contributed by atoms with Gasteiger partial charge in [0, 0.05) is 34.9 Å². The maximum Gasteiger partial charge on any atom is 0.348 e. The van der Waals surface area contributed by atoms with E-state index in [1.54, 1.807) is 30.3 Å². The molecule has 1 aliphatic heterocycles. The van der Waals surface area contributed by atoms with Crippen molar-refractivity contribution in [3.63, 3.8) is 0 Å². The van der Waals surface area contributed by atoms with E-state index >= 15 is 0 Å². The van der Waals surface area contributed by atoms with Gasteiger partial charge in [0.2, 0.25) is 15.9 Å². The number of hydrogen-bond donors (Lipinski definition) is 1. The van der Waals surface area contributed by atoms with Gasteiger partial charge >= 0.3 is 5.69 Å². The molecule has 0 spiro atoms. The molecule has 2 heterocycles. The minimum absolute atomic E-state index is 0.0632. The molecule has 0 unspecified atom stereocenters. The van der Waals surface area contributed by atoms with Gasteiger partial charge in [-0.2, -0.15) is 4.31 Å². The Labute approximate surface area is 190 Å². The Morgan fingerprint density at radius 1 is 1.22 bits per heavy atom. The second-order valence-corrected chi connectivity index (χ2v) is 10.2. The third kappa shape index (κ3) is 4.55. The number of fused-ring (bicyclic) bond motifs is 1. The Morgan fingerprint density at radius 3 is 2.78 bits per heavy atom. The van der Waals surface area contributed by atoms with Crippen LogP contribution in [0.25, 0.3) is 10.9 Å². The van der Waals surface area contributed by atoms with Gasteiger partial charge in [-0.25, -0.2) is 18.2 Å². The molecular weight excluding hydrogens is 452 g/mol. The molecule has 4 rings (SSSR count). The van der Waals surface area contributed by atoms with Gasteiger partial charge in [-0.05, 0) is 56.2 Å². The van der Waals surface area contributed by atoms with Crippen LogP contribution in [0.15, 0.2) is 58.4 Å². The normalized spacial score (nSPS) is 17.4. The summed E-state index contributed by atoms with van der Waals surface area (Å²) in [5.74, 6) is -0.428. The van der Waals surface area contributed by atoms with E-state index in [4.69, 9.17) is 11.6 Å². The third-order valence-corrected chi connectivity index (χ3v) is 7.84. The number of sulfonamides is 1. The summed E-state index contributed by atoms with van der Waals surface area (Å²) < 4.78 is 29.1. The van der Waals surface area contributed by atoms with Gasteiger partial charge in [-0.3, -0.25) is 9.36 Å². The van der Waals surface area contributed by atoms with E-state index in [0.717, 1.165) is 19.3 Å². The molecule has 10 heteroatoms. The van der Waals surface area contributed by atoms with Gasteiger partial charge in [0.1, 0.15) is 6.54 Å². The van der Waals surface area contributed by atoms with E-state index in [0.29, 0.717) is 28.2 Å². The number of aromatic nitrogens is 2. The number of benzene rings is 2. The number of anilines is 1. The van der Waals surface area contributed by atoms with Crippen molar-refractivity contribution in [3.05, 3.63) is 64.2 Å². The molecule has 8 nitrogen and oxygen atoms in total. The molecule has 1 saturated heterocycles. The Morgan fingerprint density at radius 2 is 2.03 bits per heavy atom. The highest BCUT2D eigenvalue weighted by atomic mass is 35.5. The summed E-state index contributed by atoms with van der Waals surface area (Å²) >= 11 is 5.94. The molecule has 1 aliphatic rings. The van der Waals surface area contributed by atoms with Crippen LogP contribution in [0.5, 0.6) is 0 Å². The second kappa shape index (κ2) is 9.01. The lowest BCUT2D eigenvalue weighted by atomic mass is 10.1. The molecule has 1 N–H and O–H groups in total. The fourth-order valence-electron chi connectivity index (χ4n) is 3.97. The summed E-state index contributed by atoms with van der Waals surface area (Å²) in [5.41, 5.74) is 0.337. The summed E-state index contributed by atoms with van der Waals surface area (Å²) in [7, 11) is -3.67. The van der Waals surface area contributed by atoms with Gasteiger partial charge in [0.05, 0.1) is 10.4 Å². The first kappa shape index (κ1) is 22.4. The maximum atomic E-state index is 13.2. The lowest BCUT2D eigenvalue weighted by molar-refractivity contribution is -0.116. The fraction of sp³-hybridized carbons (Fsp3) is 0.318. The highest BCUT2D eigenvalue weighted by Crippen LogP contribution is 2.27. The number of hydrogen-bond acceptors (Lipinski definition) is 5. The quantitative estimate of drug-likeness (QED) is 0.611. The van der Waals surface area contributed by atoms with Gasteiger partial charge in [-0.1, -0.05) is 24.1 Å². The third-order valence-electron chi connectivity index (χ3n) is 5.59. The highest BCUT2D eigenvalue weighted by molar-refractivity contribution is 7.89. The molecule has 1 fully saturated rings. The van der Waals surface area contributed by atoms with Crippen LogP contribution in [0.1, 0.15) is 26.2 Å². The number of nitrogens with one attached hydrogen (secondary N) is 1. The Balaban J connectivity index is 1.64. The van der Waals surface area contributed by atoms with Crippen LogP contribution < -0.4 is 11.0 Å². The van der Waals surface area contributed by atoms with Crippen molar-refractivity contribution in [1.29, 1.82) is 0 Å². The van der Waals surface area contributed by atoms with Crippen LogP contribution in [0.2, 0.25) is 5.02 Å². The van der Waals surface area contributed by atoms with E-state index in [-0.39, 0.29) is 17.5 Å². The Hall–Kier alpha value is -2.75. The van der Waals surface area contributed by atoms with Crippen molar-refractivity contribution in [3.8, 4) is 0 Å². The minimum Gasteiger partial charge on any atom is -0.324 e. The van der Waals surface area contributed by atoms with Crippen molar-refractivity contribution in [1.82, 2.24) is 13.9 Å². The molecule has 168 valence electrons. The number of carbonyl (C=O) groups is 1. The predicted octanol–water partition coefficient (Wildman–Crippen LogP) is 3.25. The molecule has 0 bridgehead atoms. The van der Waals surface area contributed by atoms with Crippen LogP contribution in [0, 0.1) is 0 Å². The van der Waals surface area contributed by atoms with Crippen LogP contribution >= 0.6 is 11.6 Å². The van der Waals surface area contributed by atoms with E-state index in [2.05, 4.69) is 10.3 Å². The zero-order valence-electron chi connectivity index (χ0n) is 17.5. The van der Waals surface area contributed by atoms with Crippen molar-refractivity contribution in [2.24, 2.45) is 0 Å². The largest absolute Gasteiger partial charge is 0.348 e. The maximum absolute atomic E-state index is 13.2. The zero-order valence-corrected chi connectivity index (χ0v) is 19.1. The summed E-state index contributed by atoms with van der Waals surface area (Å²) in [6, 6.07) is 11.1. The molecule has 1 atom stereocenters. The van der Waals surface area contributed by atoms with Crippen molar-refractivity contribution < 1.29 is 13.2 Å². The first-order chi connectivity index (χ1) is 15.3. The summed E-state index contributed by atoms with van der Waals surface area (Å²) in [4.78, 5) is 28.9. The monoisotopic (exact) mass is 474 g/mol. The van der Waals surface area contributed by atoms with E-state index in [1.165, 1.54) is 27.2 Å². The molecule has 0 saturated carbocycles. The minimum atomic E-state index is -3.67. The molecule has 3 aromatic rings. The molecule has 0 radical (unpaired) electrons. The molecule has 2 aromatic carbocycles. The molecule has 0 aliphatic carbocycles. The average molecular weight is 475 g/mol. The topological polar surface area (TPSA) is 101 Å². The predicted molar refractivity (Wildman–Crippen MR) is 123 cm³/mol. The fourth-order valence-corrected chi connectivity index (χ4v) is 5.89. The number of rotatable bonds is 5. The molecule has 1 aromatic heterocycles. The number of amides is 1. The van der Waals surface area contributed by atoms with Crippen molar-refractivity contribution in [2.45, 2.75) is 43.7 Å². The molecular formula is C22H23ClN4O4S. The summed E-state index contributed by atoms with van der Waals surface area (Å²) in [5, 5.41) is 3.63. The second-order valence-electron chi connectivity index (χ2n) is 7.87. The van der Waals surface area contributed by atoms with E-state index < -0.39 is 21.6 Å². The van der Waals surface area contributed by atoms with E-state index in [1.807, 2.05) is 6.92 Å². The van der Waals surface area contributed by atoms with Crippen LogP contribution in [0.4, 0.5) is 5.69 Å². The SMILES string of the molecule is C[C@@H]1CCCCN1S(=O)(=O)c1ccc2c(cnc(=O)n2CC(=O)Nc2cccc(Cl)c2)c1. The van der Waals surface area contributed by atoms with Crippen molar-refractivity contribution >= 4 is 44.1 Å². The summed E-state index contributed by atoms with van der Waals surface area (Å²) in [6.45, 7) is 2.13. The van der Waals surface area contributed by atoms with Crippen LogP contribution in [0.3, 0.4) is 0 Å². The molecule has 32 heavy (non-hydrogen) atoms. The number of carbonyl (C=O) groups excluding carboxylic acids is 1. The van der Waals surface area contributed by atoms with Gasteiger partial charge in [0.15, 0.2) is 0 Å².